The van der Waals surface area contributed by atoms with Gasteiger partial charge in [-0.3, -0.25) is 0 Å². The molecule has 62 valence electrons. The summed E-state index contributed by atoms with van der Waals surface area (Å²) in [5, 5.41) is 0. The van der Waals surface area contributed by atoms with Crippen molar-refractivity contribution in [3.63, 3.8) is 0 Å². The van der Waals surface area contributed by atoms with Crippen LogP contribution in [0, 0.1) is 0 Å². The minimum absolute atomic E-state index is 0.0209. The Bertz CT molecular complexity index is 184. The van der Waals surface area contributed by atoms with Crippen LogP contribution < -0.4 is 11.5 Å². The number of hydrogen-bond acceptors (Lipinski definition) is 2. The van der Waals surface area contributed by atoms with E-state index in [1.165, 1.54) is 0 Å². The molecule has 0 aliphatic heterocycles. The molecule has 4 N–H and O–H groups in total. The molecular formula is C9H16N2. The molecule has 0 aromatic carbocycles. The monoisotopic (exact) mass is 152 g/mol. The molecule has 0 heterocycles. The lowest BCUT2D eigenvalue weighted by atomic mass is 9.84. The van der Waals surface area contributed by atoms with E-state index in [9.17, 15) is 0 Å². The van der Waals surface area contributed by atoms with E-state index in [-0.39, 0.29) is 11.6 Å². The van der Waals surface area contributed by atoms with E-state index in [1.54, 1.807) is 0 Å². The summed E-state index contributed by atoms with van der Waals surface area (Å²) in [5.74, 6) is 0. The van der Waals surface area contributed by atoms with Crippen molar-refractivity contribution in [1.29, 1.82) is 0 Å². The van der Waals surface area contributed by atoms with Gasteiger partial charge in [-0.25, -0.2) is 0 Å². The lowest BCUT2D eigenvalue weighted by Crippen LogP contribution is -2.53. The lowest BCUT2D eigenvalue weighted by Gasteiger charge is -2.32. The number of hydrogen-bond donors (Lipinski definition) is 2. The third-order valence-electron chi connectivity index (χ3n) is 2.14. The van der Waals surface area contributed by atoms with E-state index < -0.39 is 0 Å². The van der Waals surface area contributed by atoms with E-state index in [2.05, 4.69) is 6.92 Å². The van der Waals surface area contributed by atoms with Crippen molar-refractivity contribution in [1.82, 2.24) is 0 Å². The zero-order valence-corrected chi connectivity index (χ0v) is 6.96. The average molecular weight is 152 g/mol. The van der Waals surface area contributed by atoms with E-state index in [0.717, 1.165) is 12.8 Å². The first-order valence-corrected chi connectivity index (χ1v) is 4.09. The molecule has 2 atom stereocenters. The number of rotatable bonds is 2. The molecule has 0 saturated heterocycles. The highest BCUT2D eigenvalue weighted by Crippen LogP contribution is 2.18. The van der Waals surface area contributed by atoms with Gasteiger partial charge in [0.1, 0.15) is 0 Å². The van der Waals surface area contributed by atoms with E-state index in [4.69, 9.17) is 11.5 Å². The van der Waals surface area contributed by atoms with Crippen LogP contribution in [0.15, 0.2) is 24.3 Å². The SMILES string of the molecule is CCCC1(N)C=CC=CC1N. The van der Waals surface area contributed by atoms with Gasteiger partial charge in [-0.1, -0.05) is 37.6 Å². The van der Waals surface area contributed by atoms with Crippen molar-refractivity contribution in [3.8, 4) is 0 Å². The number of allylic oxidation sites excluding steroid dienone is 2. The maximum atomic E-state index is 6.05. The minimum atomic E-state index is -0.302. The Hall–Kier alpha value is -0.600. The van der Waals surface area contributed by atoms with Crippen LogP contribution in [0.3, 0.4) is 0 Å². The maximum absolute atomic E-state index is 6.05. The Balaban J connectivity index is 2.68. The molecule has 0 spiro atoms. The molecule has 2 nitrogen and oxygen atoms in total. The third kappa shape index (κ3) is 1.70. The normalized spacial score (nSPS) is 36.1. The summed E-state index contributed by atoms with van der Waals surface area (Å²) in [6, 6.07) is -0.0209. The third-order valence-corrected chi connectivity index (χ3v) is 2.14. The van der Waals surface area contributed by atoms with Crippen LogP contribution in [0.5, 0.6) is 0 Å². The van der Waals surface area contributed by atoms with Crippen LogP contribution in [0.1, 0.15) is 19.8 Å². The smallest absolute Gasteiger partial charge is 0.0532 e. The standard InChI is InChI=1S/C9H16N2/c1-2-6-9(11)7-4-3-5-8(9)10/h3-5,7-8H,2,6,10-11H2,1H3. The topological polar surface area (TPSA) is 52.0 Å². The first kappa shape index (κ1) is 8.50. The molecule has 0 aromatic heterocycles. The van der Waals surface area contributed by atoms with Crippen LogP contribution in [-0.4, -0.2) is 11.6 Å². The molecule has 2 heteroatoms. The molecule has 11 heavy (non-hydrogen) atoms. The maximum Gasteiger partial charge on any atom is 0.0532 e. The second-order valence-electron chi connectivity index (χ2n) is 3.13. The lowest BCUT2D eigenvalue weighted by molar-refractivity contribution is 0.431. The van der Waals surface area contributed by atoms with Crippen LogP contribution in [0.25, 0.3) is 0 Å². The van der Waals surface area contributed by atoms with E-state index in [0.29, 0.717) is 0 Å². The Morgan fingerprint density at radius 3 is 2.73 bits per heavy atom. The molecule has 1 rings (SSSR count). The van der Waals surface area contributed by atoms with Crippen molar-refractivity contribution in [2.75, 3.05) is 0 Å². The average Bonchev–Trinajstić information content (AvgIpc) is 1.96. The second-order valence-corrected chi connectivity index (χ2v) is 3.13. The predicted molar refractivity (Wildman–Crippen MR) is 48.1 cm³/mol. The summed E-state index contributed by atoms with van der Waals surface area (Å²) in [4.78, 5) is 0. The van der Waals surface area contributed by atoms with Gasteiger partial charge in [-0.15, -0.1) is 0 Å². The molecule has 0 fully saturated rings. The molecule has 0 amide bonds. The van der Waals surface area contributed by atoms with Crippen LogP contribution in [-0.2, 0) is 0 Å². The zero-order chi connectivity index (χ0) is 8.32. The van der Waals surface area contributed by atoms with Gasteiger partial charge in [0.25, 0.3) is 0 Å². The first-order chi connectivity index (χ1) is 5.19. The van der Waals surface area contributed by atoms with Crippen molar-refractivity contribution >= 4 is 0 Å². The molecule has 0 saturated carbocycles. The van der Waals surface area contributed by atoms with Gasteiger partial charge in [0.05, 0.1) is 5.54 Å². The minimum Gasteiger partial charge on any atom is -0.323 e. The van der Waals surface area contributed by atoms with Gasteiger partial charge in [-0.2, -0.15) is 0 Å². The second kappa shape index (κ2) is 3.20. The summed E-state index contributed by atoms with van der Waals surface area (Å²) in [6.07, 6.45) is 9.90. The Morgan fingerprint density at radius 2 is 2.18 bits per heavy atom. The van der Waals surface area contributed by atoms with E-state index >= 15 is 0 Å². The molecule has 0 bridgehead atoms. The van der Waals surface area contributed by atoms with Crippen LogP contribution in [0.4, 0.5) is 0 Å². The molecule has 0 aromatic rings. The molecular weight excluding hydrogens is 136 g/mol. The largest absolute Gasteiger partial charge is 0.323 e. The van der Waals surface area contributed by atoms with E-state index in [1.807, 2.05) is 24.3 Å². The quantitative estimate of drug-likeness (QED) is 0.618. The van der Waals surface area contributed by atoms with Crippen LogP contribution >= 0.6 is 0 Å². The predicted octanol–water partition coefficient (Wildman–Crippen LogP) is 0.937. The Labute approximate surface area is 68.0 Å². The van der Waals surface area contributed by atoms with Gasteiger partial charge in [0.2, 0.25) is 0 Å². The highest BCUT2D eigenvalue weighted by molar-refractivity contribution is 5.25. The van der Waals surface area contributed by atoms with Crippen molar-refractivity contribution < 1.29 is 0 Å². The van der Waals surface area contributed by atoms with Crippen molar-refractivity contribution in [2.45, 2.75) is 31.3 Å². The van der Waals surface area contributed by atoms with Gasteiger partial charge in [0, 0.05) is 6.04 Å². The summed E-state index contributed by atoms with van der Waals surface area (Å²) in [6.45, 7) is 2.12. The Kier molecular flexibility index (Phi) is 2.47. The highest BCUT2D eigenvalue weighted by atomic mass is 14.8. The fourth-order valence-corrected chi connectivity index (χ4v) is 1.39. The molecule has 1 aliphatic carbocycles. The van der Waals surface area contributed by atoms with Crippen molar-refractivity contribution in [2.24, 2.45) is 11.5 Å². The van der Waals surface area contributed by atoms with Gasteiger partial charge >= 0.3 is 0 Å². The van der Waals surface area contributed by atoms with Crippen LogP contribution in [0.2, 0.25) is 0 Å². The molecule has 0 radical (unpaired) electrons. The fraction of sp³-hybridized carbons (Fsp3) is 0.556. The fourth-order valence-electron chi connectivity index (χ4n) is 1.39. The number of nitrogens with two attached hydrogens (primary N) is 2. The van der Waals surface area contributed by atoms with Crippen molar-refractivity contribution in [3.05, 3.63) is 24.3 Å². The zero-order valence-electron chi connectivity index (χ0n) is 6.96. The first-order valence-electron chi connectivity index (χ1n) is 4.09. The summed E-state index contributed by atoms with van der Waals surface area (Å²) in [5.41, 5.74) is 11.6. The van der Waals surface area contributed by atoms with Gasteiger partial charge in [-0.05, 0) is 6.42 Å². The molecule has 2 unspecified atom stereocenters. The summed E-state index contributed by atoms with van der Waals surface area (Å²) < 4.78 is 0. The summed E-state index contributed by atoms with van der Waals surface area (Å²) in [7, 11) is 0. The molecule has 1 aliphatic rings. The van der Waals surface area contributed by atoms with Gasteiger partial charge < -0.3 is 11.5 Å². The van der Waals surface area contributed by atoms with Gasteiger partial charge in [0.15, 0.2) is 0 Å². The summed E-state index contributed by atoms with van der Waals surface area (Å²) >= 11 is 0. The highest BCUT2D eigenvalue weighted by Gasteiger charge is 2.27. The Morgan fingerprint density at radius 1 is 1.45 bits per heavy atom.